The lowest BCUT2D eigenvalue weighted by molar-refractivity contribution is -0.169. The lowest BCUT2D eigenvalue weighted by Gasteiger charge is -1.97. The molecule has 0 radical (unpaired) electrons. The molecule has 2 rings (SSSR count). The lowest BCUT2D eigenvalue weighted by Crippen LogP contribution is -2.30. The standard InChI is InChI=1S/C7H8N2O.C7H7NO.C2H2F3NO/c8-6-4-2-1-3-5(6)7(9)10;8-7(9)6-4-2-1-3-5-6;3-2(4,5)1(6)7/h1-4H,8H2,(H2,9,10);1-5H,(H2,8,9);(H2,6,7). The van der Waals surface area contributed by atoms with Gasteiger partial charge in [-0.15, -0.1) is 0 Å². The Morgan fingerprint density at radius 1 is 0.731 bits per heavy atom. The van der Waals surface area contributed by atoms with Crippen LogP contribution < -0.4 is 22.9 Å². The van der Waals surface area contributed by atoms with Crippen molar-refractivity contribution >= 4 is 23.4 Å². The first-order chi connectivity index (χ1) is 12.0. The third-order valence-electron chi connectivity index (χ3n) is 2.56. The number of carbonyl (C=O) groups is 3. The molecule has 140 valence electrons. The number of nitrogen functional groups attached to an aromatic ring is 1. The molecule has 10 heteroatoms. The number of hydrogen-bond acceptors (Lipinski definition) is 4. The molecule has 0 saturated heterocycles. The van der Waals surface area contributed by atoms with Crippen molar-refractivity contribution in [3.63, 3.8) is 0 Å². The van der Waals surface area contributed by atoms with Gasteiger partial charge in [0, 0.05) is 11.3 Å². The summed E-state index contributed by atoms with van der Waals surface area (Å²) in [7, 11) is 0. The summed E-state index contributed by atoms with van der Waals surface area (Å²) < 4.78 is 32.1. The normalized spacial score (nSPS) is 9.65. The van der Waals surface area contributed by atoms with Crippen molar-refractivity contribution < 1.29 is 27.6 Å². The Balaban J connectivity index is 0.000000368. The van der Waals surface area contributed by atoms with Gasteiger partial charge in [0.05, 0.1) is 5.56 Å². The van der Waals surface area contributed by atoms with E-state index in [4.69, 9.17) is 22.0 Å². The Bertz CT molecular complexity index is 750. The minimum atomic E-state index is -4.86. The second kappa shape index (κ2) is 10.3. The van der Waals surface area contributed by atoms with Crippen molar-refractivity contribution in [1.82, 2.24) is 0 Å². The van der Waals surface area contributed by atoms with Gasteiger partial charge in [0.1, 0.15) is 0 Å². The molecule has 2 aromatic rings. The van der Waals surface area contributed by atoms with E-state index >= 15 is 0 Å². The average Bonchev–Trinajstić information content (AvgIpc) is 2.56. The van der Waals surface area contributed by atoms with Crippen LogP contribution in [0.25, 0.3) is 0 Å². The summed E-state index contributed by atoms with van der Waals surface area (Å²) in [4.78, 5) is 30.1. The molecule has 8 N–H and O–H groups in total. The minimum absolute atomic E-state index is 0.377. The molecule has 0 heterocycles. The van der Waals surface area contributed by atoms with Crippen LogP contribution in [0.5, 0.6) is 0 Å². The predicted molar refractivity (Wildman–Crippen MR) is 89.6 cm³/mol. The molecule has 7 nitrogen and oxygen atoms in total. The summed E-state index contributed by atoms with van der Waals surface area (Å²) in [5.41, 5.74) is 20.6. The molecule has 0 bridgehead atoms. The van der Waals surface area contributed by atoms with Gasteiger partial charge in [-0.25, -0.2) is 0 Å². The van der Waals surface area contributed by atoms with Crippen LogP contribution in [-0.2, 0) is 4.79 Å². The van der Waals surface area contributed by atoms with Gasteiger partial charge < -0.3 is 22.9 Å². The van der Waals surface area contributed by atoms with Crippen LogP contribution in [0.4, 0.5) is 18.9 Å². The molecule has 0 saturated carbocycles. The van der Waals surface area contributed by atoms with Crippen molar-refractivity contribution in [3.8, 4) is 0 Å². The maximum atomic E-state index is 10.7. The van der Waals surface area contributed by atoms with E-state index < -0.39 is 18.0 Å². The van der Waals surface area contributed by atoms with Crippen LogP contribution in [0.2, 0.25) is 0 Å². The minimum Gasteiger partial charge on any atom is -0.398 e. The van der Waals surface area contributed by atoms with Gasteiger partial charge in [0.2, 0.25) is 5.91 Å². The predicted octanol–water partition coefficient (Wildman–Crippen LogP) is 1.19. The average molecular weight is 370 g/mol. The zero-order valence-corrected chi connectivity index (χ0v) is 13.4. The molecule has 0 aliphatic rings. The molecular weight excluding hydrogens is 353 g/mol. The van der Waals surface area contributed by atoms with Crippen LogP contribution in [-0.4, -0.2) is 23.9 Å². The van der Waals surface area contributed by atoms with Crippen LogP contribution >= 0.6 is 0 Å². The topological polar surface area (TPSA) is 155 Å². The lowest BCUT2D eigenvalue weighted by atomic mass is 10.2. The van der Waals surface area contributed by atoms with Crippen molar-refractivity contribution in [2.24, 2.45) is 17.2 Å². The molecule has 0 aliphatic carbocycles. The molecule has 0 aromatic heterocycles. The second-order valence-corrected chi connectivity index (χ2v) is 4.54. The number of primary amides is 3. The van der Waals surface area contributed by atoms with Gasteiger partial charge >= 0.3 is 12.1 Å². The fraction of sp³-hybridized carbons (Fsp3) is 0.0625. The van der Waals surface area contributed by atoms with Gasteiger partial charge in [-0.3, -0.25) is 14.4 Å². The first kappa shape index (κ1) is 22.4. The number of nitrogens with two attached hydrogens (primary N) is 4. The smallest absolute Gasteiger partial charge is 0.398 e. The molecule has 2 aromatic carbocycles. The summed E-state index contributed by atoms with van der Waals surface area (Å²) >= 11 is 0. The Labute approximate surface area is 146 Å². The Hall–Kier alpha value is -3.56. The SMILES string of the molecule is NC(=O)C(F)(F)F.NC(=O)c1ccccc1.NC(=O)c1ccccc1N. The van der Waals surface area contributed by atoms with E-state index in [-0.39, 0.29) is 5.91 Å². The van der Waals surface area contributed by atoms with E-state index in [0.717, 1.165) is 0 Å². The van der Waals surface area contributed by atoms with Gasteiger partial charge in [-0.2, -0.15) is 13.2 Å². The van der Waals surface area contributed by atoms with Crippen molar-refractivity contribution in [2.45, 2.75) is 6.18 Å². The van der Waals surface area contributed by atoms with E-state index in [0.29, 0.717) is 16.8 Å². The van der Waals surface area contributed by atoms with Crippen LogP contribution in [0, 0.1) is 0 Å². The fourth-order valence-electron chi connectivity index (χ4n) is 1.32. The zero-order valence-electron chi connectivity index (χ0n) is 13.4. The molecule has 0 fully saturated rings. The Morgan fingerprint density at radius 2 is 1.15 bits per heavy atom. The van der Waals surface area contributed by atoms with E-state index in [1.807, 2.05) is 6.07 Å². The molecule has 0 atom stereocenters. The van der Waals surface area contributed by atoms with E-state index in [2.05, 4.69) is 5.73 Å². The molecule has 3 amide bonds. The maximum absolute atomic E-state index is 10.7. The first-order valence-corrected chi connectivity index (χ1v) is 6.82. The number of hydrogen-bond donors (Lipinski definition) is 4. The van der Waals surface area contributed by atoms with Gasteiger partial charge in [-0.05, 0) is 24.3 Å². The molecule has 26 heavy (non-hydrogen) atoms. The van der Waals surface area contributed by atoms with Crippen molar-refractivity contribution in [3.05, 3.63) is 65.7 Å². The number of rotatable bonds is 2. The highest BCUT2D eigenvalue weighted by Gasteiger charge is 2.35. The molecule has 0 aliphatic heterocycles. The Kier molecular flexibility index (Phi) is 8.92. The third-order valence-corrected chi connectivity index (χ3v) is 2.56. The third kappa shape index (κ3) is 8.91. The number of benzene rings is 2. The van der Waals surface area contributed by atoms with Gasteiger partial charge in [0.15, 0.2) is 0 Å². The number of amides is 3. The summed E-state index contributed by atoms with van der Waals surface area (Å²) in [6.45, 7) is 0. The number of halogens is 3. The van der Waals surface area contributed by atoms with Crippen LogP contribution in [0.15, 0.2) is 54.6 Å². The summed E-state index contributed by atoms with van der Waals surface area (Å²) in [6, 6.07) is 15.5. The second-order valence-electron chi connectivity index (χ2n) is 4.54. The Morgan fingerprint density at radius 3 is 1.42 bits per heavy atom. The quantitative estimate of drug-likeness (QED) is 0.586. The van der Waals surface area contributed by atoms with Crippen molar-refractivity contribution in [2.75, 3.05) is 5.73 Å². The summed E-state index contributed by atoms with van der Waals surface area (Å²) in [5.74, 6) is -3.12. The van der Waals surface area contributed by atoms with Crippen molar-refractivity contribution in [1.29, 1.82) is 0 Å². The monoisotopic (exact) mass is 370 g/mol. The number of para-hydroxylation sites is 1. The van der Waals surface area contributed by atoms with E-state index in [9.17, 15) is 22.8 Å². The zero-order chi connectivity index (χ0) is 20.3. The maximum Gasteiger partial charge on any atom is 0.470 e. The van der Waals surface area contributed by atoms with Gasteiger partial charge in [-0.1, -0.05) is 30.3 Å². The number of carbonyl (C=O) groups excluding carboxylic acids is 3. The first-order valence-electron chi connectivity index (χ1n) is 6.82. The molecule has 0 spiro atoms. The fourth-order valence-corrected chi connectivity index (χ4v) is 1.32. The van der Waals surface area contributed by atoms with Crippen LogP contribution in [0.1, 0.15) is 20.7 Å². The highest BCUT2D eigenvalue weighted by molar-refractivity contribution is 5.97. The number of alkyl halides is 3. The highest BCUT2D eigenvalue weighted by atomic mass is 19.4. The highest BCUT2D eigenvalue weighted by Crippen LogP contribution is 2.11. The van der Waals surface area contributed by atoms with Gasteiger partial charge in [0.25, 0.3) is 5.91 Å². The van der Waals surface area contributed by atoms with E-state index in [1.165, 1.54) is 0 Å². The molecular formula is C16H17F3N4O3. The van der Waals surface area contributed by atoms with Crippen LogP contribution in [0.3, 0.4) is 0 Å². The number of anilines is 1. The summed E-state index contributed by atoms with van der Waals surface area (Å²) in [5, 5.41) is 0. The largest absolute Gasteiger partial charge is 0.470 e. The van der Waals surface area contributed by atoms with E-state index in [1.54, 1.807) is 48.5 Å². The molecule has 0 unspecified atom stereocenters. The summed E-state index contributed by atoms with van der Waals surface area (Å²) in [6.07, 6.45) is -4.86.